The summed E-state index contributed by atoms with van der Waals surface area (Å²) in [5, 5.41) is 11.2. The van der Waals surface area contributed by atoms with E-state index in [1.807, 2.05) is 36.7 Å². The second-order valence-electron chi connectivity index (χ2n) is 10.6. The molecule has 1 amide bonds. The molecular formula is C30H35N7O. The minimum absolute atomic E-state index is 0.221. The number of rotatable bonds is 7. The highest BCUT2D eigenvalue weighted by Gasteiger charge is 2.17. The van der Waals surface area contributed by atoms with Crippen LogP contribution in [-0.2, 0) is 13.1 Å². The van der Waals surface area contributed by atoms with Crippen LogP contribution in [0.3, 0.4) is 0 Å². The third-order valence-corrected chi connectivity index (χ3v) is 7.72. The highest BCUT2D eigenvalue weighted by molar-refractivity contribution is 6.11. The Labute approximate surface area is 223 Å². The van der Waals surface area contributed by atoms with Crippen LogP contribution in [0.5, 0.6) is 0 Å². The number of amides is 1. The molecule has 2 aromatic carbocycles. The van der Waals surface area contributed by atoms with Crippen LogP contribution >= 0.6 is 0 Å². The first-order valence-corrected chi connectivity index (χ1v) is 13.6. The molecule has 2 saturated heterocycles. The maximum atomic E-state index is 13.2. The molecule has 8 heteroatoms. The van der Waals surface area contributed by atoms with E-state index in [1.54, 1.807) is 0 Å². The number of benzene rings is 2. The van der Waals surface area contributed by atoms with Gasteiger partial charge in [-0.15, -0.1) is 0 Å². The lowest BCUT2D eigenvalue weighted by atomic mass is 10.0. The zero-order valence-electron chi connectivity index (χ0n) is 22.0. The molecule has 2 aromatic heterocycles. The Hall–Kier alpha value is -3.59. The fourth-order valence-electron chi connectivity index (χ4n) is 5.45. The number of hydrogen-bond donors (Lipinski definition) is 2. The van der Waals surface area contributed by atoms with Crippen LogP contribution < -0.4 is 5.32 Å². The molecule has 196 valence electrons. The topological polar surface area (TPSA) is 80.4 Å². The fraction of sp³-hybridized carbons (Fsp3) is 0.367. The Morgan fingerprint density at radius 2 is 1.58 bits per heavy atom. The van der Waals surface area contributed by atoms with Gasteiger partial charge in [-0.1, -0.05) is 18.2 Å². The van der Waals surface area contributed by atoms with Gasteiger partial charge in [-0.05, 0) is 80.0 Å². The lowest BCUT2D eigenvalue weighted by Crippen LogP contribution is -2.43. The molecule has 0 saturated carbocycles. The molecule has 6 rings (SSSR count). The van der Waals surface area contributed by atoms with Crippen molar-refractivity contribution in [1.29, 1.82) is 0 Å². The SMILES string of the molecule is CN1CCN(Cc2ccc(NC(=O)c3n[nH]c4ccc(-c5cncc(CN6CCCC6)c5)cc34)cc2)CC1. The quantitative estimate of drug-likeness (QED) is 0.388. The molecule has 0 unspecified atom stereocenters. The van der Waals surface area contributed by atoms with Gasteiger partial charge in [-0.25, -0.2) is 0 Å². The van der Waals surface area contributed by atoms with E-state index in [4.69, 9.17) is 0 Å². The first-order valence-electron chi connectivity index (χ1n) is 13.6. The van der Waals surface area contributed by atoms with E-state index in [-0.39, 0.29) is 5.91 Å². The van der Waals surface area contributed by atoms with Crippen molar-refractivity contribution in [3.63, 3.8) is 0 Å². The number of aromatic nitrogens is 3. The number of carbonyl (C=O) groups is 1. The van der Waals surface area contributed by atoms with Gasteiger partial charge in [-0.2, -0.15) is 5.10 Å². The monoisotopic (exact) mass is 509 g/mol. The van der Waals surface area contributed by atoms with Crippen LogP contribution in [0.15, 0.2) is 60.9 Å². The highest BCUT2D eigenvalue weighted by atomic mass is 16.1. The van der Waals surface area contributed by atoms with Gasteiger partial charge in [0.1, 0.15) is 0 Å². The molecule has 2 aliphatic rings. The number of carbonyl (C=O) groups excluding carboxylic acids is 1. The van der Waals surface area contributed by atoms with E-state index < -0.39 is 0 Å². The normalized spacial score (nSPS) is 17.3. The summed E-state index contributed by atoms with van der Waals surface area (Å²) in [4.78, 5) is 25.0. The third kappa shape index (κ3) is 5.62. The molecule has 4 heterocycles. The van der Waals surface area contributed by atoms with Crippen LogP contribution in [0.1, 0.15) is 34.5 Å². The largest absolute Gasteiger partial charge is 0.321 e. The molecule has 38 heavy (non-hydrogen) atoms. The molecule has 0 spiro atoms. The lowest BCUT2D eigenvalue weighted by molar-refractivity contribution is 0.102. The van der Waals surface area contributed by atoms with Crippen molar-refractivity contribution in [2.24, 2.45) is 0 Å². The summed E-state index contributed by atoms with van der Waals surface area (Å²) in [6.45, 7) is 8.55. The number of likely N-dealkylation sites (tertiary alicyclic amines) is 1. The average molecular weight is 510 g/mol. The smallest absolute Gasteiger partial charge is 0.276 e. The fourth-order valence-corrected chi connectivity index (χ4v) is 5.45. The molecule has 4 aromatic rings. The summed E-state index contributed by atoms with van der Waals surface area (Å²) < 4.78 is 0. The van der Waals surface area contributed by atoms with Crippen LogP contribution in [0.25, 0.3) is 22.0 Å². The van der Waals surface area contributed by atoms with Crippen molar-refractivity contribution in [2.45, 2.75) is 25.9 Å². The van der Waals surface area contributed by atoms with E-state index in [9.17, 15) is 4.79 Å². The molecule has 2 aliphatic heterocycles. The zero-order valence-corrected chi connectivity index (χ0v) is 22.0. The summed E-state index contributed by atoms with van der Waals surface area (Å²) in [5.74, 6) is -0.221. The Balaban J connectivity index is 1.15. The summed E-state index contributed by atoms with van der Waals surface area (Å²) in [5.41, 5.74) is 6.54. The van der Waals surface area contributed by atoms with Crippen LogP contribution in [0.4, 0.5) is 5.69 Å². The van der Waals surface area contributed by atoms with Crippen LogP contribution in [0, 0.1) is 0 Å². The van der Waals surface area contributed by atoms with Crippen molar-refractivity contribution < 1.29 is 4.79 Å². The van der Waals surface area contributed by atoms with Crippen molar-refractivity contribution in [2.75, 3.05) is 51.6 Å². The van der Waals surface area contributed by atoms with E-state index in [1.165, 1.54) is 24.0 Å². The number of pyridine rings is 1. The van der Waals surface area contributed by atoms with Crippen molar-refractivity contribution in [3.8, 4) is 11.1 Å². The number of anilines is 1. The van der Waals surface area contributed by atoms with Gasteiger partial charge >= 0.3 is 0 Å². The minimum Gasteiger partial charge on any atom is -0.321 e. The zero-order chi connectivity index (χ0) is 25.9. The van der Waals surface area contributed by atoms with E-state index >= 15 is 0 Å². The number of piperazine rings is 1. The number of H-pyrrole nitrogens is 1. The number of nitrogens with one attached hydrogen (secondary N) is 2. The van der Waals surface area contributed by atoms with Gasteiger partial charge in [0, 0.05) is 68.3 Å². The standard InChI is InChI=1S/C30H35N7O/c1-35-12-14-37(15-13-35)20-22-4-7-26(8-5-22)32-30(38)29-27-17-24(6-9-28(27)33-34-29)25-16-23(18-31-19-25)21-36-10-2-3-11-36/h4-9,16-19H,2-3,10-15,20-21H2,1H3,(H,32,38)(H,33,34). The number of likely N-dealkylation sites (N-methyl/N-ethyl adjacent to an activating group) is 1. The molecule has 0 bridgehead atoms. The first kappa shape index (κ1) is 24.7. The number of hydrogen-bond acceptors (Lipinski definition) is 6. The van der Waals surface area contributed by atoms with Gasteiger partial charge in [0.25, 0.3) is 5.91 Å². The number of aromatic amines is 1. The van der Waals surface area contributed by atoms with Gasteiger partial charge in [0.2, 0.25) is 0 Å². The Kier molecular flexibility index (Phi) is 7.18. The van der Waals surface area contributed by atoms with E-state index in [2.05, 4.69) is 66.5 Å². The highest BCUT2D eigenvalue weighted by Crippen LogP contribution is 2.27. The van der Waals surface area contributed by atoms with Gasteiger partial charge in [0.15, 0.2) is 5.69 Å². The van der Waals surface area contributed by atoms with E-state index in [0.29, 0.717) is 5.69 Å². The second-order valence-corrected chi connectivity index (χ2v) is 10.6. The first-order chi connectivity index (χ1) is 18.6. The molecule has 0 radical (unpaired) electrons. The van der Waals surface area contributed by atoms with Crippen molar-refractivity contribution in [3.05, 3.63) is 77.7 Å². The molecule has 2 fully saturated rings. The minimum atomic E-state index is -0.221. The second kappa shape index (κ2) is 11.0. The third-order valence-electron chi connectivity index (χ3n) is 7.72. The molecule has 8 nitrogen and oxygen atoms in total. The molecule has 0 atom stereocenters. The summed E-state index contributed by atoms with van der Waals surface area (Å²) >= 11 is 0. The average Bonchev–Trinajstić information content (AvgIpc) is 3.61. The van der Waals surface area contributed by atoms with Crippen molar-refractivity contribution >= 4 is 22.5 Å². The Morgan fingerprint density at radius 3 is 2.37 bits per heavy atom. The predicted octanol–water partition coefficient (Wildman–Crippen LogP) is 4.22. The van der Waals surface area contributed by atoms with Crippen molar-refractivity contribution in [1.82, 2.24) is 29.9 Å². The molecule has 0 aliphatic carbocycles. The Bertz CT molecular complexity index is 1400. The Morgan fingerprint density at radius 1 is 0.842 bits per heavy atom. The van der Waals surface area contributed by atoms with Gasteiger partial charge in [-0.3, -0.25) is 24.7 Å². The number of nitrogens with zero attached hydrogens (tertiary/aromatic N) is 5. The summed E-state index contributed by atoms with van der Waals surface area (Å²) in [6.07, 6.45) is 6.39. The van der Waals surface area contributed by atoms with Gasteiger partial charge in [0.05, 0.1) is 5.52 Å². The predicted molar refractivity (Wildman–Crippen MR) is 151 cm³/mol. The maximum absolute atomic E-state index is 13.2. The summed E-state index contributed by atoms with van der Waals surface area (Å²) in [7, 11) is 2.17. The number of fused-ring (bicyclic) bond motifs is 1. The molecule has 2 N–H and O–H groups in total. The van der Waals surface area contributed by atoms with Crippen LogP contribution in [0.2, 0.25) is 0 Å². The maximum Gasteiger partial charge on any atom is 0.276 e. The lowest BCUT2D eigenvalue weighted by Gasteiger charge is -2.32. The van der Waals surface area contributed by atoms with Crippen LogP contribution in [-0.4, -0.2) is 82.1 Å². The summed E-state index contributed by atoms with van der Waals surface area (Å²) in [6, 6.07) is 16.4. The van der Waals surface area contributed by atoms with Gasteiger partial charge < -0.3 is 10.2 Å². The van der Waals surface area contributed by atoms with E-state index in [0.717, 1.165) is 80.1 Å². The molecular weight excluding hydrogens is 474 g/mol.